The van der Waals surface area contributed by atoms with Gasteiger partial charge in [-0.1, -0.05) is 13.8 Å². The summed E-state index contributed by atoms with van der Waals surface area (Å²) in [5.74, 6) is -0.251. The largest absolute Gasteiger partial charge is 0.394 e. The van der Waals surface area contributed by atoms with Gasteiger partial charge in [0.05, 0.1) is 13.2 Å². The van der Waals surface area contributed by atoms with Gasteiger partial charge in [0, 0.05) is 18.8 Å². The predicted octanol–water partition coefficient (Wildman–Crippen LogP) is 1.90. The molecule has 0 aromatic rings. The van der Waals surface area contributed by atoms with Gasteiger partial charge >= 0.3 is 0 Å². The van der Waals surface area contributed by atoms with Crippen LogP contribution in [0.4, 0.5) is 0 Å². The van der Waals surface area contributed by atoms with Crippen LogP contribution >= 0.6 is 0 Å². The summed E-state index contributed by atoms with van der Waals surface area (Å²) in [6.45, 7) is 6.29. The lowest BCUT2D eigenvalue weighted by Gasteiger charge is -2.23. The lowest BCUT2D eigenvalue weighted by atomic mass is 9.94. The lowest BCUT2D eigenvalue weighted by Crippen LogP contribution is -2.29. The van der Waals surface area contributed by atoms with Gasteiger partial charge < -0.3 is 14.6 Å². The summed E-state index contributed by atoms with van der Waals surface area (Å²) >= 11 is 0. The Hall–Kier alpha value is -0.450. The summed E-state index contributed by atoms with van der Waals surface area (Å²) < 4.78 is 11.1. The van der Waals surface area contributed by atoms with Crippen molar-refractivity contribution in [3.63, 3.8) is 0 Å². The number of ether oxygens (including phenoxy) is 2. The molecule has 1 aliphatic rings. The number of Topliss-reactive ketones (excluding diaryl/α,β-unsaturated/α-hetero) is 1. The first-order valence-electron chi connectivity index (χ1n) is 6.50. The number of aliphatic hydroxyl groups is 1. The molecule has 0 radical (unpaired) electrons. The van der Waals surface area contributed by atoms with E-state index in [1.165, 1.54) is 0 Å². The van der Waals surface area contributed by atoms with Gasteiger partial charge in [-0.25, -0.2) is 0 Å². The highest BCUT2D eigenvalue weighted by atomic mass is 16.7. The molecule has 1 aliphatic heterocycles. The number of rotatable bonds is 7. The fraction of sp³-hybridized carbons (Fsp3) is 0.923. The minimum atomic E-state index is -0.699. The predicted molar refractivity (Wildman–Crippen MR) is 64.6 cm³/mol. The maximum atomic E-state index is 11.9. The van der Waals surface area contributed by atoms with Crippen LogP contribution in [0.15, 0.2) is 0 Å². The highest BCUT2D eigenvalue weighted by Gasteiger charge is 2.37. The monoisotopic (exact) mass is 244 g/mol. The van der Waals surface area contributed by atoms with E-state index in [1.54, 1.807) is 0 Å². The Labute approximate surface area is 103 Å². The molecule has 0 saturated carbocycles. The van der Waals surface area contributed by atoms with Gasteiger partial charge in [-0.3, -0.25) is 4.79 Å². The van der Waals surface area contributed by atoms with Crippen LogP contribution in [0.25, 0.3) is 0 Å². The molecule has 1 rings (SSSR count). The van der Waals surface area contributed by atoms with Crippen LogP contribution in [-0.4, -0.2) is 36.0 Å². The highest BCUT2D eigenvalue weighted by Crippen LogP contribution is 2.28. The van der Waals surface area contributed by atoms with Crippen LogP contribution in [0, 0.1) is 5.92 Å². The van der Waals surface area contributed by atoms with Crippen molar-refractivity contribution in [1.82, 2.24) is 0 Å². The van der Waals surface area contributed by atoms with Crippen molar-refractivity contribution in [2.24, 2.45) is 5.92 Å². The van der Waals surface area contributed by atoms with Crippen LogP contribution in [0.2, 0.25) is 0 Å². The van der Waals surface area contributed by atoms with Crippen LogP contribution in [-0.2, 0) is 14.3 Å². The zero-order chi connectivity index (χ0) is 12.9. The Bertz CT molecular complexity index is 250. The number of aliphatic hydroxyl groups excluding tert-OH is 1. The third kappa shape index (κ3) is 4.05. The number of carbonyl (C=O) groups excluding carboxylic acids is 1. The smallest absolute Gasteiger partial charge is 0.166 e. The van der Waals surface area contributed by atoms with Crippen molar-refractivity contribution in [2.75, 3.05) is 13.2 Å². The van der Waals surface area contributed by atoms with E-state index < -0.39 is 5.79 Å². The van der Waals surface area contributed by atoms with E-state index in [0.29, 0.717) is 19.4 Å². The van der Waals surface area contributed by atoms with Gasteiger partial charge in [0.1, 0.15) is 11.9 Å². The maximum Gasteiger partial charge on any atom is 0.166 e. The van der Waals surface area contributed by atoms with E-state index in [4.69, 9.17) is 14.6 Å². The number of ketones is 1. The second-order valence-corrected chi connectivity index (χ2v) is 4.85. The van der Waals surface area contributed by atoms with Crippen molar-refractivity contribution in [3.8, 4) is 0 Å². The van der Waals surface area contributed by atoms with Crippen LogP contribution in [0.1, 0.15) is 46.5 Å². The highest BCUT2D eigenvalue weighted by molar-refractivity contribution is 5.80. The molecule has 1 N–H and O–H groups in total. The topological polar surface area (TPSA) is 55.8 Å². The SMILES string of the molecule is CCC(CC)C(=O)CCC1(C)OCC(CO)O1. The van der Waals surface area contributed by atoms with Crippen molar-refractivity contribution in [1.29, 1.82) is 0 Å². The summed E-state index contributed by atoms with van der Waals surface area (Å²) in [5, 5.41) is 8.97. The van der Waals surface area contributed by atoms with Gasteiger partial charge in [-0.05, 0) is 19.8 Å². The van der Waals surface area contributed by atoms with Gasteiger partial charge in [0.25, 0.3) is 0 Å². The van der Waals surface area contributed by atoms with E-state index in [0.717, 1.165) is 12.8 Å². The Kier molecular flexibility index (Phi) is 5.56. The van der Waals surface area contributed by atoms with Gasteiger partial charge in [-0.15, -0.1) is 0 Å². The Morgan fingerprint density at radius 2 is 2.12 bits per heavy atom. The molecular weight excluding hydrogens is 220 g/mol. The Balaban J connectivity index is 2.37. The zero-order valence-corrected chi connectivity index (χ0v) is 11.1. The van der Waals surface area contributed by atoms with E-state index in [1.807, 2.05) is 20.8 Å². The number of hydrogen-bond acceptors (Lipinski definition) is 4. The van der Waals surface area contributed by atoms with E-state index in [-0.39, 0.29) is 24.4 Å². The van der Waals surface area contributed by atoms with E-state index in [9.17, 15) is 4.79 Å². The standard InChI is InChI=1S/C13H24O4/c1-4-10(5-2)12(15)6-7-13(3)16-9-11(8-14)17-13/h10-11,14H,4-9H2,1-3H3. The van der Waals surface area contributed by atoms with Crippen LogP contribution in [0.5, 0.6) is 0 Å². The molecule has 2 atom stereocenters. The normalized spacial score (nSPS) is 28.9. The third-order valence-electron chi connectivity index (χ3n) is 3.46. The molecule has 100 valence electrons. The molecule has 2 unspecified atom stereocenters. The molecule has 0 aliphatic carbocycles. The van der Waals surface area contributed by atoms with Crippen LogP contribution < -0.4 is 0 Å². The summed E-state index contributed by atoms with van der Waals surface area (Å²) in [4.78, 5) is 11.9. The molecule has 0 bridgehead atoms. The molecule has 1 saturated heterocycles. The van der Waals surface area contributed by atoms with Crippen molar-refractivity contribution >= 4 is 5.78 Å². The summed E-state index contributed by atoms with van der Waals surface area (Å²) in [6, 6.07) is 0. The minimum Gasteiger partial charge on any atom is -0.394 e. The third-order valence-corrected chi connectivity index (χ3v) is 3.46. The van der Waals surface area contributed by atoms with E-state index >= 15 is 0 Å². The van der Waals surface area contributed by atoms with Crippen LogP contribution in [0.3, 0.4) is 0 Å². The first-order chi connectivity index (χ1) is 8.04. The average molecular weight is 244 g/mol. The lowest BCUT2D eigenvalue weighted by molar-refractivity contribution is -0.165. The van der Waals surface area contributed by atoms with Gasteiger partial charge in [-0.2, -0.15) is 0 Å². The van der Waals surface area contributed by atoms with Gasteiger partial charge in [0.2, 0.25) is 0 Å². The zero-order valence-electron chi connectivity index (χ0n) is 11.1. The molecule has 0 aromatic carbocycles. The Morgan fingerprint density at radius 3 is 2.59 bits per heavy atom. The molecule has 1 heterocycles. The fourth-order valence-electron chi connectivity index (χ4n) is 2.21. The molecule has 0 amide bonds. The molecule has 0 aromatic heterocycles. The first-order valence-corrected chi connectivity index (χ1v) is 6.50. The van der Waals surface area contributed by atoms with E-state index in [2.05, 4.69) is 0 Å². The molecule has 4 nitrogen and oxygen atoms in total. The molecule has 4 heteroatoms. The molecule has 17 heavy (non-hydrogen) atoms. The van der Waals surface area contributed by atoms with Gasteiger partial charge in [0.15, 0.2) is 5.79 Å². The molecule has 0 spiro atoms. The Morgan fingerprint density at radius 1 is 1.47 bits per heavy atom. The quantitative estimate of drug-likeness (QED) is 0.743. The molecular formula is C13H24O4. The minimum absolute atomic E-state index is 0.0317. The molecule has 1 fully saturated rings. The summed E-state index contributed by atoms with van der Waals surface area (Å²) in [5.41, 5.74) is 0. The first kappa shape index (κ1) is 14.6. The maximum absolute atomic E-state index is 11.9. The van der Waals surface area contributed by atoms with Crippen molar-refractivity contribution in [3.05, 3.63) is 0 Å². The summed E-state index contributed by atoms with van der Waals surface area (Å²) in [6.07, 6.45) is 2.60. The second kappa shape index (κ2) is 6.47. The second-order valence-electron chi connectivity index (χ2n) is 4.85. The van der Waals surface area contributed by atoms with Crippen molar-refractivity contribution in [2.45, 2.75) is 58.3 Å². The number of carbonyl (C=O) groups is 1. The average Bonchev–Trinajstić information content (AvgIpc) is 2.71. The number of hydrogen-bond donors (Lipinski definition) is 1. The summed E-state index contributed by atoms with van der Waals surface area (Å²) in [7, 11) is 0. The van der Waals surface area contributed by atoms with Crippen molar-refractivity contribution < 1.29 is 19.4 Å². The fourth-order valence-corrected chi connectivity index (χ4v) is 2.21.